The third kappa shape index (κ3) is 3.21. The quantitative estimate of drug-likeness (QED) is 0.483. The van der Waals surface area contributed by atoms with Crippen LogP contribution in [-0.4, -0.2) is 10.8 Å². The van der Waals surface area contributed by atoms with Gasteiger partial charge in [0.1, 0.15) is 0 Å². The van der Waals surface area contributed by atoms with Crippen LogP contribution in [0.2, 0.25) is 0 Å². The number of hydrogen-bond acceptors (Lipinski definition) is 3. The van der Waals surface area contributed by atoms with Crippen LogP contribution in [0.3, 0.4) is 0 Å². The first-order valence-electron chi connectivity index (χ1n) is 10.2. The molecule has 1 aliphatic heterocycles. The van der Waals surface area contributed by atoms with Crippen molar-refractivity contribution in [1.29, 1.82) is 0 Å². The molecular formula is C25H21F3N2O. The van der Waals surface area contributed by atoms with Crippen LogP contribution in [0, 0.1) is 5.41 Å². The monoisotopic (exact) mass is 422 g/mol. The molecule has 3 aromatic rings. The predicted molar refractivity (Wildman–Crippen MR) is 114 cm³/mol. The SMILES string of the molecule is CC1(C)CC(=O)C2=C(C1)c1c(ccc3ncccc13)N[C@H]2c1ccccc1C(F)(F)F. The molecule has 1 aliphatic carbocycles. The molecule has 0 saturated heterocycles. The minimum absolute atomic E-state index is 0.0764. The molecule has 0 spiro atoms. The Morgan fingerprint density at radius 1 is 1.03 bits per heavy atom. The average Bonchev–Trinajstić information content (AvgIpc) is 2.71. The zero-order chi connectivity index (χ0) is 22.0. The van der Waals surface area contributed by atoms with E-state index in [9.17, 15) is 18.0 Å². The minimum Gasteiger partial charge on any atom is -0.373 e. The van der Waals surface area contributed by atoms with Crippen molar-refractivity contribution in [3.63, 3.8) is 0 Å². The van der Waals surface area contributed by atoms with E-state index < -0.39 is 17.8 Å². The fourth-order valence-corrected chi connectivity index (χ4v) is 4.96. The summed E-state index contributed by atoms with van der Waals surface area (Å²) in [5.74, 6) is -0.104. The Hall–Kier alpha value is -3.15. The van der Waals surface area contributed by atoms with Gasteiger partial charge in [0, 0.05) is 34.8 Å². The van der Waals surface area contributed by atoms with Crippen molar-refractivity contribution in [2.24, 2.45) is 5.41 Å². The molecule has 0 fully saturated rings. The van der Waals surface area contributed by atoms with E-state index in [0.29, 0.717) is 18.4 Å². The third-order valence-corrected chi connectivity index (χ3v) is 6.17. The second-order valence-electron chi connectivity index (χ2n) is 9.05. The van der Waals surface area contributed by atoms with Gasteiger partial charge in [0.25, 0.3) is 0 Å². The lowest BCUT2D eigenvalue weighted by atomic mass is 9.67. The molecule has 2 heterocycles. The van der Waals surface area contributed by atoms with Crippen molar-refractivity contribution >= 4 is 27.9 Å². The van der Waals surface area contributed by atoms with E-state index in [-0.39, 0.29) is 16.8 Å². The molecule has 3 nitrogen and oxygen atoms in total. The molecule has 1 aromatic heterocycles. The Bertz CT molecular complexity index is 1260. The highest BCUT2D eigenvalue weighted by molar-refractivity contribution is 6.12. The number of Topliss-reactive ketones (excluding diaryl/α,β-unsaturated/α-hetero) is 1. The first-order chi connectivity index (χ1) is 14.7. The number of hydrogen-bond donors (Lipinski definition) is 1. The second kappa shape index (κ2) is 6.67. The van der Waals surface area contributed by atoms with Gasteiger partial charge >= 0.3 is 6.18 Å². The van der Waals surface area contributed by atoms with Crippen molar-refractivity contribution in [1.82, 2.24) is 4.98 Å². The maximum Gasteiger partial charge on any atom is 0.416 e. The van der Waals surface area contributed by atoms with Crippen molar-refractivity contribution in [2.75, 3.05) is 5.32 Å². The van der Waals surface area contributed by atoms with Gasteiger partial charge in [-0.25, -0.2) is 0 Å². The number of allylic oxidation sites excluding steroid dienone is 1. The van der Waals surface area contributed by atoms with Crippen molar-refractivity contribution in [3.05, 3.63) is 77.0 Å². The highest BCUT2D eigenvalue weighted by Gasteiger charge is 2.43. The number of halogens is 3. The summed E-state index contributed by atoms with van der Waals surface area (Å²) < 4.78 is 41.4. The molecule has 1 atom stereocenters. The van der Waals surface area contributed by atoms with Gasteiger partial charge in [-0.05, 0) is 47.2 Å². The summed E-state index contributed by atoms with van der Waals surface area (Å²) in [5.41, 5.74) is 2.75. The van der Waals surface area contributed by atoms with Gasteiger partial charge in [-0.15, -0.1) is 0 Å². The molecule has 6 heteroatoms. The molecule has 2 aliphatic rings. The first-order valence-corrected chi connectivity index (χ1v) is 10.2. The number of pyridine rings is 1. The Balaban J connectivity index is 1.81. The summed E-state index contributed by atoms with van der Waals surface area (Å²) in [5, 5.41) is 4.16. The minimum atomic E-state index is -4.51. The molecule has 0 unspecified atom stereocenters. The fourth-order valence-electron chi connectivity index (χ4n) is 4.96. The van der Waals surface area contributed by atoms with Gasteiger partial charge in [0.2, 0.25) is 0 Å². The van der Waals surface area contributed by atoms with Crippen molar-refractivity contribution in [3.8, 4) is 0 Å². The molecule has 0 saturated carbocycles. The number of ketones is 1. The van der Waals surface area contributed by atoms with Gasteiger partial charge in [-0.1, -0.05) is 38.1 Å². The highest BCUT2D eigenvalue weighted by Crippen LogP contribution is 2.52. The van der Waals surface area contributed by atoms with Crippen LogP contribution in [-0.2, 0) is 11.0 Å². The Labute approximate surface area is 178 Å². The smallest absolute Gasteiger partial charge is 0.373 e. The van der Waals surface area contributed by atoms with E-state index in [1.807, 2.05) is 38.1 Å². The zero-order valence-corrected chi connectivity index (χ0v) is 17.2. The van der Waals surface area contributed by atoms with E-state index >= 15 is 0 Å². The lowest BCUT2D eigenvalue weighted by molar-refractivity contribution is -0.138. The molecule has 158 valence electrons. The van der Waals surface area contributed by atoms with Crippen LogP contribution in [0.25, 0.3) is 16.5 Å². The maximum absolute atomic E-state index is 13.8. The van der Waals surface area contributed by atoms with Gasteiger partial charge < -0.3 is 5.32 Å². The Morgan fingerprint density at radius 2 is 1.81 bits per heavy atom. The number of anilines is 1. The van der Waals surface area contributed by atoms with Crippen LogP contribution in [0.1, 0.15) is 49.4 Å². The van der Waals surface area contributed by atoms with E-state index in [0.717, 1.165) is 33.8 Å². The summed E-state index contributed by atoms with van der Waals surface area (Å²) in [7, 11) is 0. The number of nitrogens with zero attached hydrogens (tertiary/aromatic N) is 1. The highest BCUT2D eigenvalue weighted by atomic mass is 19.4. The second-order valence-corrected chi connectivity index (χ2v) is 9.05. The summed E-state index contributed by atoms with van der Waals surface area (Å²) in [6.45, 7) is 4.05. The maximum atomic E-state index is 13.8. The number of rotatable bonds is 1. The van der Waals surface area contributed by atoms with Gasteiger partial charge in [-0.3, -0.25) is 9.78 Å². The van der Waals surface area contributed by atoms with Crippen molar-refractivity contribution in [2.45, 2.75) is 38.9 Å². The molecule has 0 amide bonds. The number of alkyl halides is 3. The zero-order valence-electron chi connectivity index (χ0n) is 17.2. The number of fused-ring (bicyclic) bond motifs is 4. The van der Waals surface area contributed by atoms with Gasteiger partial charge in [0.15, 0.2) is 5.78 Å². The molecule has 5 rings (SSSR count). The van der Waals surface area contributed by atoms with E-state index in [4.69, 9.17) is 0 Å². The molecule has 1 N–H and O–H groups in total. The van der Waals surface area contributed by atoms with Gasteiger partial charge in [-0.2, -0.15) is 13.2 Å². The molecule has 0 radical (unpaired) electrons. The van der Waals surface area contributed by atoms with Gasteiger partial charge in [0.05, 0.1) is 17.1 Å². The molecular weight excluding hydrogens is 401 g/mol. The average molecular weight is 422 g/mol. The largest absolute Gasteiger partial charge is 0.416 e. The van der Waals surface area contributed by atoms with Crippen LogP contribution in [0.4, 0.5) is 18.9 Å². The Morgan fingerprint density at radius 3 is 2.58 bits per heavy atom. The number of benzene rings is 2. The summed E-state index contributed by atoms with van der Waals surface area (Å²) >= 11 is 0. The molecule has 31 heavy (non-hydrogen) atoms. The first kappa shape index (κ1) is 19.8. The van der Waals surface area contributed by atoms with Crippen LogP contribution in [0.5, 0.6) is 0 Å². The fraction of sp³-hybridized carbons (Fsp3) is 0.280. The predicted octanol–water partition coefficient (Wildman–Crippen LogP) is 6.56. The lowest BCUT2D eigenvalue weighted by Crippen LogP contribution is -2.34. The van der Waals surface area contributed by atoms with Crippen LogP contribution in [0.15, 0.2) is 60.3 Å². The van der Waals surface area contributed by atoms with E-state index in [1.54, 1.807) is 12.3 Å². The summed E-state index contributed by atoms with van der Waals surface area (Å²) in [6, 6.07) is 12.2. The van der Waals surface area contributed by atoms with Crippen LogP contribution < -0.4 is 5.32 Å². The topological polar surface area (TPSA) is 42.0 Å². The van der Waals surface area contributed by atoms with E-state index in [1.165, 1.54) is 12.1 Å². The molecule has 0 bridgehead atoms. The lowest BCUT2D eigenvalue weighted by Gasteiger charge is -2.40. The number of carbonyl (C=O) groups excluding carboxylic acids is 1. The number of aromatic nitrogens is 1. The van der Waals surface area contributed by atoms with Crippen LogP contribution >= 0.6 is 0 Å². The van der Waals surface area contributed by atoms with E-state index in [2.05, 4.69) is 10.3 Å². The standard InChI is InChI=1S/C25H21F3N2O/c1-24(2)12-16-21-15-7-5-11-29-18(15)9-10-19(21)30-23(22(16)20(31)13-24)14-6-3-4-8-17(14)25(26,27)28/h3-11,23,30H,12-13H2,1-2H3/t23-/m0/s1. The van der Waals surface area contributed by atoms with Crippen molar-refractivity contribution < 1.29 is 18.0 Å². The number of carbonyl (C=O) groups is 1. The Kier molecular flexibility index (Phi) is 4.26. The summed E-state index contributed by atoms with van der Waals surface area (Å²) in [6.07, 6.45) is -1.89. The summed E-state index contributed by atoms with van der Waals surface area (Å²) in [4.78, 5) is 17.8. The third-order valence-electron chi connectivity index (χ3n) is 6.17. The number of nitrogens with one attached hydrogen (secondary N) is 1. The molecule has 2 aromatic carbocycles. The normalized spacial score (nSPS) is 20.3.